The molecule has 1 aromatic carbocycles. The molecule has 0 atom stereocenters. The molecule has 1 aliphatic heterocycles. The average molecular weight is 385 g/mol. The highest BCUT2D eigenvalue weighted by Gasteiger charge is 2.23. The number of piperazine rings is 1. The minimum absolute atomic E-state index is 0.0684. The summed E-state index contributed by atoms with van der Waals surface area (Å²) in [5, 5.41) is 5.07. The van der Waals surface area contributed by atoms with E-state index in [-0.39, 0.29) is 10.9 Å². The molecule has 1 aromatic rings. The summed E-state index contributed by atoms with van der Waals surface area (Å²) < 4.78 is 28.1. The molecule has 0 aliphatic carbocycles. The van der Waals surface area contributed by atoms with E-state index in [1.54, 1.807) is 12.1 Å². The van der Waals surface area contributed by atoms with E-state index in [1.807, 2.05) is 23.6 Å². The van der Waals surface area contributed by atoms with Gasteiger partial charge in [0, 0.05) is 45.8 Å². The molecule has 26 heavy (non-hydrogen) atoms. The third-order valence-corrected chi connectivity index (χ3v) is 5.43. The number of carbonyl (C=O) groups excluding carboxylic acids is 1. The molecule has 0 saturated carbocycles. The highest BCUT2D eigenvalue weighted by Crippen LogP contribution is 2.15. The topological polar surface area (TPSA) is 96.2 Å². The molecule has 1 aliphatic rings. The van der Waals surface area contributed by atoms with Crippen LogP contribution in [-0.4, -0.2) is 81.6 Å². The molecule has 0 spiro atoms. The molecule has 1 heterocycles. The lowest BCUT2D eigenvalue weighted by atomic mass is 10.3. The molecule has 0 radical (unpaired) electrons. The first-order valence-electron chi connectivity index (χ1n) is 8.87. The Balaban J connectivity index is 1.73. The summed E-state index contributed by atoms with van der Waals surface area (Å²) in [6, 6.07) is 6.17. The molecular formula is C17H28N4O4S. The summed E-state index contributed by atoms with van der Waals surface area (Å²) in [7, 11) is -3.68. The highest BCUT2D eigenvalue weighted by atomic mass is 32.2. The third kappa shape index (κ3) is 5.58. The van der Waals surface area contributed by atoms with E-state index in [1.165, 1.54) is 12.1 Å². The van der Waals surface area contributed by atoms with E-state index < -0.39 is 10.0 Å². The van der Waals surface area contributed by atoms with Crippen LogP contribution in [0.3, 0.4) is 0 Å². The van der Waals surface area contributed by atoms with E-state index >= 15 is 0 Å². The van der Waals surface area contributed by atoms with Crippen LogP contribution in [0.15, 0.2) is 29.2 Å². The fourth-order valence-corrected chi connectivity index (χ4v) is 3.39. The zero-order valence-corrected chi connectivity index (χ0v) is 16.2. The lowest BCUT2D eigenvalue weighted by Crippen LogP contribution is -2.53. The van der Waals surface area contributed by atoms with Crippen molar-refractivity contribution in [3.8, 4) is 5.75 Å². The molecule has 0 unspecified atom stereocenters. The number of nitrogens with zero attached hydrogens (tertiary/aromatic N) is 3. The number of carbonyl (C=O) groups is 1. The van der Waals surface area contributed by atoms with Crippen molar-refractivity contribution in [2.45, 2.75) is 18.7 Å². The summed E-state index contributed by atoms with van der Waals surface area (Å²) in [4.78, 5) is 18.4. The number of hydrogen-bond donors (Lipinski definition) is 1. The van der Waals surface area contributed by atoms with Crippen LogP contribution in [0.1, 0.15) is 13.8 Å². The minimum Gasteiger partial charge on any atom is -0.492 e. The molecule has 1 saturated heterocycles. The fraction of sp³-hybridized carbons (Fsp3) is 0.588. The highest BCUT2D eigenvalue weighted by molar-refractivity contribution is 7.89. The molecule has 1 fully saturated rings. The second kappa shape index (κ2) is 9.20. The van der Waals surface area contributed by atoms with Gasteiger partial charge in [-0.05, 0) is 38.1 Å². The SMILES string of the molecule is CCN(CC)C(=O)N1CCN(CCOc2ccc(S(N)(=O)=O)cc2)CC1. The van der Waals surface area contributed by atoms with Gasteiger partial charge in [-0.3, -0.25) is 4.90 Å². The number of rotatable bonds is 7. The first-order chi connectivity index (χ1) is 12.3. The quantitative estimate of drug-likeness (QED) is 0.750. The van der Waals surface area contributed by atoms with Crippen LogP contribution in [0.25, 0.3) is 0 Å². The summed E-state index contributed by atoms with van der Waals surface area (Å²) in [6.07, 6.45) is 0. The van der Waals surface area contributed by atoms with Gasteiger partial charge in [-0.1, -0.05) is 0 Å². The molecule has 0 aromatic heterocycles. The second-order valence-corrected chi connectivity index (χ2v) is 7.71. The van der Waals surface area contributed by atoms with Gasteiger partial charge in [0.05, 0.1) is 4.90 Å². The summed E-state index contributed by atoms with van der Waals surface area (Å²) in [6.45, 7) is 9.78. The van der Waals surface area contributed by atoms with Gasteiger partial charge in [0.25, 0.3) is 0 Å². The fourth-order valence-electron chi connectivity index (χ4n) is 2.88. The van der Waals surface area contributed by atoms with Crippen molar-refractivity contribution in [2.75, 3.05) is 52.4 Å². The van der Waals surface area contributed by atoms with E-state index in [9.17, 15) is 13.2 Å². The number of nitrogens with two attached hydrogens (primary N) is 1. The number of urea groups is 1. The van der Waals surface area contributed by atoms with Gasteiger partial charge in [0.2, 0.25) is 10.0 Å². The Morgan fingerprint density at radius 3 is 2.19 bits per heavy atom. The number of primary sulfonamides is 1. The van der Waals surface area contributed by atoms with Crippen molar-refractivity contribution in [2.24, 2.45) is 5.14 Å². The van der Waals surface area contributed by atoms with Crippen LogP contribution in [0.4, 0.5) is 4.79 Å². The van der Waals surface area contributed by atoms with Crippen LogP contribution >= 0.6 is 0 Å². The smallest absolute Gasteiger partial charge is 0.320 e. The maximum absolute atomic E-state index is 12.3. The Hall–Kier alpha value is -1.84. The Kier molecular flexibility index (Phi) is 7.24. The Labute approximate surface area is 155 Å². The normalized spacial score (nSPS) is 15.7. The molecule has 2 rings (SSSR count). The van der Waals surface area contributed by atoms with Crippen LogP contribution in [-0.2, 0) is 10.0 Å². The molecule has 2 amide bonds. The van der Waals surface area contributed by atoms with E-state index in [0.29, 0.717) is 12.4 Å². The van der Waals surface area contributed by atoms with Crippen LogP contribution < -0.4 is 9.88 Å². The Morgan fingerprint density at radius 1 is 1.12 bits per heavy atom. The third-order valence-electron chi connectivity index (χ3n) is 4.51. The number of amides is 2. The lowest BCUT2D eigenvalue weighted by molar-refractivity contribution is 0.107. The van der Waals surface area contributed by atoms with Gasteiger partial charge in [0.15, 0.2) is 0 Å². The van der Waals surface area contributed by atoms with Gasteiger partial charge in [0.1, 0.15) is 12.4 Å². The number of benzene rings is 1. The van der Waals surface area contributed by atoms with E-state index in [2.05, 4.69) is 4.90 Å². The molecule has 146 valence electrons. The van der Waals surface area contributed by atoms with Crippen LogP contribution in [0.5, 0.6) is 5.75 Å². The van der Waals surface area contributed by atoms with E-state index in [4.69, 9.17) is 9.88 Å². The van der Waals surface area contributed by atoms with E-state index in [0.717, 1.165) is 45.8 Å². The standard InChI is InChI=1S/C17H28N4O4S/c1-3-20(4-2)17(22)21-11-9-19(10-12-21)13-14-25-15-5-7-16(8-6-15)26(18,23)24/h5-8H,3-4,9-14H2,1-2H3,(H2,18,23,24). The van der Waals surface area contributed by atoms with Gasteiger partial charge in [-0.25, -0.2) is 18.4 Å². The number of hydrogen-bond acceptors (Lipinski definition) is 5. The molecule has 9 heteroatoms. The minimum atomic E-state index is -3.68. The molecule has 2 N–H and O–H groups in total. The second-order valence-electron chi connectivity index (χ2n) is 6.15. The van der Waals surface area contributed by atoms with Crippen molar-refractivity contribution < 1.29 is 17.9 Å². The first-order valence-corrected chi connectivity index (χ1v) is 10.4. The van der Waals surface area contributed by atoms with Crippen molar-refractivity contribution in [1.82, 2.24) is 14.7 Å². The number of ether oxygens (including phenoxy) is 1. The van der Waals surface area contributed by atoms with Crippen molar-refractivity contribution >= 4 is 16.1 Å². The Morgan fingerprint density at radius 2 is 1.69 bits per heavy atom. The summed E-state index contributed by atoms with van der Waals surface area (Å²) in [5.41, 5.74) is 0. The zero-order valence-electron chi connectivity index (χ0n) is 15.4. The van der Waals surface area contributed by atoms with Crippen molar-refractivity contribution in [3.05, 3.63) is 24.3 Å². The van der Waals surface area contributed by atoms with Gasteiger partial charge >= 0.3 is 6.03 Å². The first kappa shape index (κ1) is 20.5. The van der Waals surface area contributed by atoms with Crippen molar-refractivity contribution in [1.29, 1.82) is 0 Å². The maximum atomic E-state index is 12.3. The predicted octanol–water partition coefficient (Wildman–Crippen LogP) is 0.792. The van der Waals surface area contributed by atoms with Gasteiger partial charge in [-0.2, -0.15) is 0 Å². The number of sulfonamides is 1. The summed E-state index contributed by atoms with van der Waals surface area (Å²) in [5.74, 6) is 0.604. The average Bonchev–Trinajstić information content (AvgIpc) is 2.63. The molecule has 0 bridgehead atoms. The van der Waals surface area contributed by atoms with Crippen molar-refractivity contribution in [3.63, 3.8) is 0 Å². The van der Waals surface area contributed by atoms with Crippen LogP contribution in [0, 0.1) is 0 Å². The largest absolute Gasteiger partial charge is 0.492 e. The predicted molar refractivity (Wildman–Crippen MR) is 99.6 cm³/mol. The van der Waals surface area contributed by atoms with Gasteiger partial charge < -0.3 is 14.5 Å². The zero-order chi connectivity index (χ0) is 19.2. The van der Waals surface area contributed by atoms with Crippen LogP contribution in [0.2, 0.25) is 0 Å². The van der Waals surface area contributed by atoms with Gasteiger partial charge in [-0.15, -0.1) is 0 Å². The monoisotopic (exact) mass is 384 g/mol. The molecule has 8 nitrogen and oxygen atoms in total. The lowest BCUT2D eigenvalue weighted by Gasteiger charge is -2.37. The Bertz CT molecular complexity index is 681. The summed E-state index contributed by atoms with van der Waals surface area (Å²) >= 11 is 0. The maximum Gasteiger partial charge on any atom is 0.320 e. The molecular weight excluding hydrogens is 356 g/mol.